The standard InChI is InChI=1S/C15H12ClFN2O/c1-20-15-5-2-10(6-11(15)8-18)9-19-12-3-4-13(16)14(17)7-12/h2-7,19H,9H2,1H3. The lowest BCUT2D eigenvalue weighted by atomic mass is 10.1. The molecule has 0 aliphatic heterocycles. The molecular formula is C15H12ClFN2O. The van der Waals surface area contributed by atoms with E-state index in [1.54, 1.807) is 18.2 Å². The van der Waals surface area contributed by atoms with Crippen LogP contribution in [0.4, 0.5) is 10.1 Å². The quantitative estimate of drug-likeness (QED) is 0.926. The van der Waals surface area contributed by atoms with Crippen molar-refractivity contribution < 1.29 is 9.13 Å². The molecular weight excluding hydrogens is 279 g/mol. The predicted octanol–water partition coefficient (Wildman–Crippen LogP) is 3.97. The van der Waals surface area contributed by atoms with E-state index in [4.69, 9.17) is 21.6 Å². The van der Waals surface area contributed by atoms with Crippen molar-refractivity contribution in [2.75, 3.05) is 12.4 Å². The van der Waals surface area contributed by atoms with Gasteiger partial charge in [0, 0.05) is 12.2 Å². The van der Waals surface area contributed by atoms with Crippen LogP contribution < -0.4 is 10.1 Å². The van der Waals surface area contributed by atoms with Gasteiger partial charge < -0.3 is 10.1 Å². The molecule has 0 saturated heterocycles. The zero-order valence-corrected chi connectivity index (χ0v) is 11.5. The van der Waals surface area contributed by atoms with Crippen LogP contribution in [0.25, 0.3) is 0 Å². The summed E-state index contributed by atoms with van der Waals surface area (Å²) in [6.45, 7) is 0.472. The molecule has 0 aliphatic carbocycles. The molecule has 0 aromatic heterocycles. The summed E-state index contributed by atoms with van der Waals surface area (Å²) < 4.78 is 18.4. The molecule has 0 unspecified atom stereocenters. The molecule has 102 valence electrons. The summed E-state index contributed by atoms with van der Waals surface area (Å²) >= 11 is 5.62. The minimum atomic E-state index is -0.468. The summed E-state index contributed by atoms with van der Waals surface area (Å²) in [5.74, 6) is 0.0675. The van der Waals surface area contributed by atoms with Crippen LogP contribution in [0.1, 0.15) is 11.1 Å². The summed E-state index contributed by atoms with van der Waals surface area (Å²) in [4.78, 5) is 0. The van der Waals surface area contributed by atoms with E-state index in [9.17, 15) is 4.39 Å². The Labute approximate surface area is 121 Å². The predicted molar refractivity (Wildman–Crippen MR) is 76.4 cm³/mol. The molecule has 5 heteroatoms. The highest BCUT2D eigenvalue weighted by atomic mass is 35.5. The van der Waals surface area contributed by atoms with Crippen molar-refractivity contribution in [2.45, 2.75) is 6.54 Å². The van der Waals surface area contributed by atoms with Crippen molar-refractivity contribution in [3.8, 4) is 11.8 Å². The van der Waals surface area contributed by atoms with Crippen LogP contribution in [0.5, 0.6) is 5.75 Å². The molecule has 0 bridgehead atoms. The molecule has 0 radical (unpaired) electrons. The monoisotopic (exact) mass is 290 g/mol. The third-order valence-corrected chi connectivity index (χ3v) is 3.11. The fraction of sp³-hybridized carbons (Fsp3) is 0.133. The van der Waals surface area contributed by atoms with Crippen molar-refractivity contribution in [1.82, 2.24) is 0 Å². The topological polar surface area (TPSA) is 45.0 Å². The maximum Gasteiger partial charge on any atom is 0.143 e. The van der Waals surface area contributed by atoms with E-state index in [1.165, 1.54) is 19.2 Å². The van der Waals surface area contributed by atoms with Crippen molar-refractivity contribution in [3.05, 3.63) is 58.4 Å². The number of halogens is 2. The highest BCUT2D eigenvalue weighted by molar-refractivity contribution is 6.30. The van der Waals surface area contributed by atoms with Gasteiger partial charge in [0.15, 0.2) is 0 Å². The number of anilines is 1. The fourth-order valence-electron chi connectivity index (χ4n) is 1.76. The van der Waals surface area contributed by atoms with Crippen molar-refractivity contribution in [1.29, 1.82) is 5.26 Å². The van der Waals surface area contributed by atoms with Crippen LogP contribution in [-0.2, 0) is 6.54 Å². The Morgan fingerprint density at radius 2 is 2.10 bits per heavy atom. The zero-order chi connectivity index (χ0) is 14.5. The van der Waals surface area contributed by atoms with Gasteiger partial charge in [-0.25, -0.2) is 4.39 Å². The van der Waals surface area contributed by atoms with Gasteiger partial charge in [0.25, 0.3) is 0 Å². The lowest BCUT2D eigenvalue weighted by Crippen LogP contribution is -2.00. The number of hydrogen-bond donors (Lipinski definition) is 1. The van der Waals surface area contributed by atoms with Gasteiger partial charge in [-0.2, -0.15) is 5.26 Å². The molecule has 0 saturated carbocycles. The minimum Gasteiger partial charge on any atom is -0.495 e. The molecule has 3 nitrogen and oxygen atoms in total. The van der Waals surface area contributed by atoms with E-state index in [1.807, 2.05) is 6.07 Å². The SMILES string of the molecule is COc1ccc(CNc2ccc(Cl)c(F)c2)cc1C#N. The molecule has 0 fully saturated rings. The minimum absolute atomic E-state index is 0.0896. The number of nitriles is 1. The third-order valence-electron chi connectivity index (χ3n) is 2.80. The van der Waals surface area contributed by atoms with Crippen molar-refractivity contribution >= 4 is 17.3 Å². The highest BCUT2D eigenvalue weighted by Gasteiger charge is 2.04. The molecule has 20 heavy (non-hydrogen) atoms. The van der Waals surface area contributed by atoms with Crippen LogP contribution in [0, 0.1) is 17.1 Å². The van der Waals surface area contributed by atoms with E-state index in [0.717, 1.165) is 5.56 Å². The maximum absolute atomic E-state index is 13.3. The van der Waals surface area contributed by atoms with Crippen LogP contribution in [0.15, 0.2) is 36.4 Å². The molecule has 0 heterocycles. The van der Waals surface area contributed by atoms with Crippen LogP contribution in [0.2, 0.25) is 5.02 Å². The second kappa shape index (κ2) is 6.27. The molecule has 2 aromatic carbocycles. The molecule has 1 N–H and O–H groups in total. The maximum atomic E-state index is 13.3. The Hall–Kier alpha value is -2.25. The van der Waals surface area contributed by atoms with E-state index in [2.05, 4.69) is 11.4 Å². The second-order valence-electron chi connectivity index (χ2n) is 4.13. The Balaban J connectivity index is 2.11. The summed E-state index contributed by atoms with van der Waals surface area (Å²) in [6.07, 6.45) is 0. The van der Waals surface area contributed by atoms with E-state index < -0.39 is 5.82 Å². The van der Waals surface area contributed by atoms with Crippen molar-refractivity contribution in [3.63, 3.8) is 0 Å². The van der Waals surface area contributed by atoms with Crippen molar-refractivity contribution in [2.24, 2.45) is 0 Å². The van der Waals surface area contributed by atoms with E-state index >= 15 is 0 Å². The molecule has 0 aliphatic rings. The number of methoxy groups -OCH3 is 1. The van der Waals surface area contributed by atoms with Gasteiger partial charge in [0.1, 0.15) is 17.6 Å². The first-order valence-corrected chi connectivity index (χ1v) is 6.28. The molecule has 2 aromatic rings. The van der Waals surface area contributed by atoms with Gasteiger partial charge in [-0.3, -0.25) is 0 Å². The number of nitrogens with one attached hydrogen (secondary N) is 1. The number of ether oxygens (including phenoxy) is 1. The normalized spacial score (nSPS) is 9.90. The highest BCUT2D eigenvalue weighted by Crippen LogP contribution is 2.21. The first-order valence-electron chi connectivity index (χ1n) is 5.90. The Bertz CT molecular complexity index is 667. The summed E-state index contributed by atoms with van der Waals surface area (Å²) in [5.41, 5.74) is 1.99. The molecule has 0 amide bonds. The van der Waals surface area contributed by atoms with Crippen LogP contribution >= 0.6 is 11.6 Å². The van der Waals surface area contributed by atoms with E-state index in [-0.39, 0.29) is 5.02 Å². The summed E-state index contributed by atoms with van der Waals surface area (Å²) in [5, 5.41) is 12.2. The third kappa shape index (κ3) is 3.19. The van der Waals surface area contributed by atoms with Gasteiger partial charge in [0.2, 0.25) is 0 Å². The number of benzene rings is 2. The number of nitrogens with zero attached hydrogens (tertiary/aromatic N) is 1. The van der Waals surface area contributed by atoms with Gasteiger partial charge in [-0.15, -0.1) is 0 Å². The number of hydrogen-bond acceptors (Lipinski definition) is 3. The van der Waals surface area contributed by atoms with Gasteiger partial charge in [-0.05, 0) is 35.9 Å². The fourth-order valence-corrected chi connectivity index (χ4v) is 1.88. The summed E-state index contributed by atoms with van der Waals surface area (Å²) in [6, 6.07) is 11.9. The Kier molecular flexibility index (Phi) is 4.44. The largest absolute Gasteiger partial charge is 0.495 e. The van der Waals surface area contributed by atoms with Gasteiger partial charge in [-0.1, -0.05) is 17.7 Å². The average Bonchev–Trinajstić information content (AvgIpc) is 2.48. The summed E-state index contributed by atoms with van der Waals surface area (Å²) in [7, 11) is 1.52. The van der Waals surface area contributed by atoms with Crippen LogP contribution in [-0.4, -0.2) is 7.11 Å². The van der Waals surface area contributed by atoms with Crippen LogP contribution in [0.3, 0.4) is 0 Å². The van der Waals surface area contributed by atoms with Gasteiger partial charge >= 0.3 is 0 Å². The second-order valence-corrected chi connectivity index (χ2v) is 4.54. The first-order chi connectivity index (χ1) is 9.63. The Morgan fingerprint density at radius 3 is 2.75 bits per heavy atom. The van der Waals surface area contributed by atoms with Gasteiger partial charge in [0.05, 0.1) is 17.7 Å². The van der Waals surface area contributed by atoms with E-state index in [0.29, 0.717) is 23.5 Å². The average molecular weight is 291 g/mol. The molecule has 2 rings (SSSR count). The number of rotatable bonds is 4. The molecule has 0 spiro atoms. The lowest BCUT2D eigenvalue weighted by Gasteiger charge is -2.09. The first kappa shape index (κ1) is 14.2. The zero-order valence-electron chi connectivity index (χ0n) is 10.8. The Morgan fingerprint density at radius 1 is 1.30 bits per heavy atom. The smallest absolute Gasteiger partial charge is 0.143 e. The molecule has 0 atom stereocenters. The lowest BCUT2D eigenvalue weighted by molar-refractivity contribution is 0.413.